The van der Waals surface area contributed by atoms with Crippen LogP contribution in [0.2, 0.25) is 5.02 Å². The lowest BCUT2D eigenvalue weighted by Crippen LogP contribution is -2.34. The number of nitrogens with one attached hydrogen (secondary N) is 2. The van der Waals surface area contributed by atoms with Crippen molar-refractivity contribution in [2.45, 2.75) is 0 Å². The minimum absolute atomic E-state index is 0.207. The summed E-state index contributed by atoms with van der Waals surface area (Å²) in [7, 11) is 0. The van der Waals surface area contributed by atoms with Gasteiger partial charge in [-0.25, -0.2) is 4.98 Å². The summed E-state index contributed by atoms with van der Waals surface area (Å²) in [6.45, 7) is 0. The Balaban J connectivity index is 1.59. The van der Waals surface area contributed by atoms with Crippen LogP contribution in [0.3, 0.4) is 0 Å². The standard InChI is InChI=1S/C21H13ClIN3OS2/c22-13-5-3-4-12(10-13)19(27)26-21(28)25-16-9-8-14(23)11-15(16)20-24-17-6-1-2-7-18(17)29-20/h1-11H,(H2,25,26,27,28). The number of halogens is 2. The molecule has 1 heterocycles. The molecule has 0 aliphatic carbocycles. The number of fused-ring (bicyclic) bond motifs is 1. The third-order valence-corrected chi connectivity index (χ3v) is 6.25. The maximum atomic E-state index is 12.4. The number of benzene rings is 3. The molecule has 0 saturated heterocycles. The van der Waals surface area contributed by atoms with Gasteiger partial charge < -0.3 is 5.32 Å². The molecule has 0 bridgehead atoms. The topological polar surface area (TPSA) is 54.0 Å². The predicted molar refractivity (Wildman–Crippen MR) is 133 cm³/mol. The fourth-order valence-corrected chi connectivity index (χ4v) is 4.63. The van der Waals surface area contributed by atoms with Crippen molar-refractivity contribution in [3.63, 3.8) is 0 Å². The summed E-state index contributed by atoms with van der Waals surface area (Å²) < 4.78 is 2.19. The largest absolute Gasteiger partial charge is 0.332 e. The molecule has 4 rings (SSSR count). The molecule has 3 aromatic carbocycles. The van der Waals surface area contributed by atoms with Crippen LogP contribution in [0.5, 0.6) is 0 Å². The molecule has 1 aromatic heterocycles. The number of amides is 1. The molecular formula is C21H13ClIN3OS2. The van der Waals surface area contributed by atoms with Gasteiger partial charge in [0, 0.05) is 19.7 Å². The Morgan fingerprint density at radius 3 is 2.69 bits per heavy atom. The summed E-state index contributed by atoms with van der Waals surface area (Å²) in [6, 6.07) is 20.7. The predicted octanol–water partition coefficient (Wildman–Crippen LogP) is 6.35. The molecule has 0 unspecified atom stereocenters. The zero-order valence-electron chi connectivity index (χ0n) is 14.8. The number of hydrogen-bond acceptors (Lipinski definition) is 4. The lowest BCUT2D eigenvalue weighted by molar-refractivity contribution is 0.0977. The molecule has 144 valence electrons. The minimum atomic E-state index is -0.322. The zero-order chi connectivity index (χ0) is 20.4. The van der Waals surface area contributed by atoms with E-state index in [1.807, 2.05) is 42.5 Å². The van der Waals surface area contributed by atoms with Crippen molar-refractivity contribution in [2.24, 2.45) is 0 Å². The first-order valence-corrected chi connectivity index (χ1v) is 11.2. The highest BCUT2D eigenvalue weighted by Crippen LogP contribution is 2.35. The van der Waals surface area contributed by atoms with Gasteiger partial charge in [-0.2, -0.15) is 0 Å². The van der Waals surface area contributed by atoms with Crippen molar-refractivity contribution < 1.29 is 4.79 Å². The number of anilines is 1. The van der Waals surface area contributed by atoms with Crippen LogP contribution >= 0.6 is 57.7 Å². The van der Waals surface area contributed by atoms with Crippen molar-refractivity contribution in [3.05, 3.63) is 80.9 Å². The summed E-state index contributed by atoms with van der Waals surface area (Å²) in [6.07, 6.45) is 0. The van der Waals surface area contributed by atoms with Gasteiger partial charge in [-0.1, -0.05) is 29.8 Å². The van der Waals surface area contributed by atoms with E-state index >= 15 is 0 Å². The van der Waals surface area contributed by atoms with E-state index in [4.69, 9.17) is 28.8 Å². The lowest BCUT2D eigenvalue weighted by atomic mass is 10.2. The molecule has 0 atom stereocenters. The number of hydrogen-bond donors (Lipinski definition) is 2. The van der Waals surface area contributed by atoms with Crippen molar-refractivity contribution in [1.82, 2.24) is 10.3 Å². The third-order valence-electron chi connectivity index (χ3n) is 4.07. The van der Waals surface area contributed by atoms with E-state index in [0.717, 1.165) is 30.0 Å². The summed E-state index contributed by atoms with van der Waals surface area (Å²) in [5.41, 5.74) is 3.10. The maximum absolute atomic E-state index is 12.4. The molecule has 0 aliphatic heterocycles. The van der Waals surface area contributed by atoms with Gasteiger partial charge in [0.2, 0.25) is 0 Å². The molecule has 0 spiro atoms. The first-order valence-electron chi connectivity index (χ1n) is 8.53. The van der Waals surface area contributed by atoms with Gasteiger partial charge in [0.1, 0.15) is 5.01 Å². The van der Waals surface area contributed by atoms with E-state index in [1.54, 1.807) is 35.6 Å². The second-order valence-corrected chi connectivity index (χ2v) is 9.22. The van der Waals surface area contributed by atoms with E-state index in [2.05, 4.69) is 33.2 Å². The third kappa shape index (κ3) is 4.75. The Kier molecular flexibility index (Phi) is 6.09. The normalized spacial score (nSPS) is 10.7. The Labute approximate surface area is 195 Å². The molecule has 0 aliphatic rings. The van der Waals surface area contributed by atoms with Crippen LogP contribution < -0.4 is 10.6 Å². The highest BCUT2D eigenvalue weighted by Gasteiger charge is 2.14. The van der Waals surface area contributed by atoms with E-state index in [9.17, 15) is 4.79 Å². The van der Waals surface area contributed by atoms with Crippen LogP contribution in [0.25, 0.3) is 20.8 Å². The fraction of sp³-hybridized carbons (Fsp3) is 0. The number of thiazole rings is 1. The first kappa shape index (κ1) is 20.2. The van der Waals surface area contributed by atoms with Crippen LogP contribution in [0.4, 0.5) is 5.69 Å². The number of aromatic nitrogens is 1. The molecule has 0 saturated carbocycles. The van der Waals surface area contributed by atoms with Crippen LogP contribution in [-0.2, 0) is 0 Å². The van der Waals surface area contributed by atoms with Crippen molar-refractivity contribution >= 4 is 84.7 Å². The lowest BCUT2D eigenvalue weighted by Gasteiger charge is -2.13. The van der Waals surface area contributed by atoms with Crippen LogP contribution in [0, 0.1) is 3.57 Å². The molecule has 0 fully saturated rings. The second-order valence-electron chi connectivity index (χ2n) is 6.10. The van der Waals surface area contributed by atoms with Crippen LogP contribution in [0.15, 0.2) is 66.7 Å². The van der Waals surface area contributed by atoms with Gasteiger partial charge in [-0.15, -0.1) is 11.3 Å². The van der Waals surface area contributed by atoms with E-state index in [1.165, 1.54) is 0 Å². The number of thiocarbonyl (C=S) groups is 1. The van der Waals surface area contributed by atoms with Crippen LogP contribution in [-0.4, -0.2) is 16.0 Å². The molecule has 2 N–H and O–H groups in total. The molecule has 4 nitrogen and oxygen atoms in total. The Bertz CT molecular complexity index is 1210. The Morgan fingerprint density at radius 1 is 1.07 bits per heavy atom. The molecule has 29 heavy (non-hydrogen) atoms. The van der Waals surface area contributed by atoms with Gasteiger partial charge in [0.05, 0.1) is 15.9 Å². The monoisotopic (exact) mass is 549 g/mol. The van der Waals surface area contributed by atoms with E-state index < -0.39 is 0 Å². The molecule has 1 amide bonds. The summed E-state index contributed by atoms with van der Waals surface area (Å²) in [5.74, 6) is -0.322. The summed E-state index contributed by atoms with van der Waals surface area (Å²) >= 11 is 15.2. The number of carbonyl (C=O) groups is 1. The van der Waals surface area contributed by atoms with Gasteiger partial charge in [0.15, 0.2) is 5.11 Å². The average Bonchev–Trinajstić information content (AvgIpc) is 3.13. The fourth-order valence-electron chi connectivity index (χ4n) is 2.75. The first-order chi connectivity index (χ1) is 14.0. The zero-order valence-corrected chi connectivity index (χ0v) is 19.3. The van der Waals surface area contributed by atoms with Gasteiger partial charge in [-0.05, 0) is 83.3 Å². The average molecular weight is 550 g/mol. The van der Waals surface area contributed by atoms with E-state index in [0.29, 0.717) is 10.6 Å². The highest BCUT2D eigenvalue weighted by atomic mass is 127. The van der Waals surface area contributed by atoms with E-state index in [-0.39, 0.29) is 11.0 Å². The number of carbonyl (C=O) groups excluding carboxylic acids is 1. The number of nitrogens with zero attached hydrogens (tertiary/aromatic N) is 1. The highest BCUT2D eigenvalue weighted by molar-refractivity contribution is 14.1. The minimum Gasteiger partial charge on any atom is -0.332 e. The second kappa shape index (κ2) is 8.74. The molecule has 8 heteroatoms. The van der Waals surface area contributed by atoms with Gasteiger partial charge >= 0.3 is 0 Å². The smallest absolute Gasteiger partial charge is 0.257 e. The van der Waals surface area contributed by atoms with Crippen LogP contribution in [0.1, 0.15) is 10.4 Å². The SMILES string of the molecule is O=C(NC(=S)Nc1ccc(I)cc1-c1nc2ccccc2s1)c1cccc(Cl)c1. The maximum Gasteiger partial charge on any atom is 0.257 e. The molecule has 0 radical (unpaired) electrons. The van der Waals surface area contributed by atoms with Gasteiger partial charge in [-0.3, -0.25) is 10.1 Å². The van der Waals surface area contributed by atoms with Crippen molar-refractivity contribution in [2.75, 3.05) is 5.32 Å². The number of para-hydroxylation sites is 1. The Morgan fingerprint density at radius 2 is 1.90 bits per heavy atom. The van der Waals surface area contributed by atoms with Crippen molar-refractivity contribution in [1.29, 1.82) is 0 Å². The molecule has 4 aromatic rings. The Hall–Kier alpha value is -2.07. The quantitative estimate of drug-likeness (QED) is 0.231. The number of rotatable bonds is 3. The molecular weight excluding hydrogens is 537 g/mol. The van der Waals surface area contributed by atoms with Gasteiger partial charge in [0.25, 0.3) is 5.91 Å². The summed E-state index contributed by atoms with van der Waals surface area (Å²) in [5, 5.41) is 7.41. The van der Waals surface area contributed by atoms with Crippen molar-refractivity contribution in [3.8, 4) is 10.6 Å². The summed E-state index contributed by atoms with van der Waals surface area (Å²) in [4.78, 5) is 17.2.